The van der Waals surface area contributed by atoms with E-state index in [4.69, 9.17) is 16.6 Å². The van der Waals surface area contributed by atoms with Crippen molar-refractivity contribution in [2.24, 2.45) is 11.8 Å². The average Bonchev–Trinajstić information content (AvgIpc) is 3.24. The lowest BCUT2D eigenvalue weighted by Crippen LogP contribution is -2.39. The molecule has 5 rings (SSSR count). The summed E-state index contributed by atoms with van der Waals surface area (Å²) in [5.41, 5.74) is 3.41. The number of benzene rings is 2. The summed E-state index contributed by atoms with van der Waals surface area (Å²) in [6.45, 7) is 5.39. The molecule has 0 spiro atoms. The summed E-state index contributed by atoms with van der Waals surface area (Å²) in [6, 6.07) is 14.7. The molecule has 3 unspecified atom stereocenters. The van der Waals surface area contributed by atoms with E-state index >= 15 is 0 Å². The Kier molecular flexibility index (Phi) is 4.77. The molecule has 1 saturated carbocycles. The number of halogens is 1. The Labute approximate surface area is 182 Å². The predicted octanol–water partition coefficient (Wildman–Crippen LogP) is 5.76. The molecule has 1 aliphatic heterocycles. The smallest absolute Gasteiger partial charge is 0.134 e. The van der Waals surface area contributed by atoms with Gasteiger partial charge in [0.2, 0.25) is 0 Å². The quantitative estimate of drug-likeness (QED) is 0.548. The topological polar surface area (TPSA) is 56.6 Å². The number of likely N-dealkylation sites (tertiary alicyclic amines) is 1. The van der Waals surface area contributed by atoms with Crippen LogP contribution in [0.3, 0.4) is 0 Å². The highest BCUT2D eigenvalue weighted by atomic mass is 35.5. The number of aliphatic hydroxyl groups excluding tert-OH is 1. The fourth-order valence-corrected chi connectivity index (χ4v) is 6.18. The highest BCUT2D eigenvalue weighted by molar-refractivity contribution is 6.30. The van der Waals surface area contributed by atoms with E-state index < -0.39 is 6.23 Å². The molecule has 2 aliphatic rings. The highest BCUT2D eigenvalue weighted by Crippen LogP contribution is 2.65. The summed E-state index contributed by atoms with van der Waals surface area (Å²) < 4.78 is 0. The molecule has 2 heterocycles. The van der Waals surface area contributed by atoms with Gasteiger partial charge < -0.3 is 10.2 Å². The van der Waals surface area contributed by atoms with Crippen LogP contribution in [0.15, 0.2) is 48.5 Å². The van der Waals surface area contributed by atoms with Crippen LogP contribution in [0.2, 0.25) is 5.02 Å². The van der Waals surface area contributed by atoms with E-state index in [0.29, 0.717) is 16.9 Å². The third kappa shape index (κ3) is 2.85. The molecule has 156 valence electrons. The Morgan fingerprint density at radius 2 is 1.93 bits per heavy atom. The van der Waals surface area contributed by atoms with Crippen molar-refractivity contribution in [1.82, 2.24) is 9.88 Å². The molecule has 1 saturated heterocycles. The second-order valence-electron chi connectivity index (χ2n) is 8.63. The molecule has 0 bridgehead atoms. The minimum absolute atomic E-state index is 0.0982. The van der Waals surface area contributed by atoms with E-state index in [1.54, 1.807) is 12.1 Å². The SMILES string of the molecule is CCC1C2CCN([C@H](O)c3cc(-c4ccc(Cl)cc4)nc4ccc(O)cc34)C12CC. The zero-order valence-electron chi connectivity index (χ0n) is 17.3. The van der Waals surface area contributed by atoms with Crippen LogP contribution in [0.25, 0.3) is 22.2 Å². The molecule has 2 fully saturated rings. The van der Waals surface area contributed by atoms with Crippen LogP contribution in [0.4, 0.5) is 0 Å². The summed E-state index contributed by atoms with van der Waals surface area (Å²) in [5.74, 6) is 1.52. The van der Waals surface area contributed by atoms with Crippen LogP contribution >= 0.6 is 11.6 Å². The lowest BCUT2D eigenvalue weighted by molar-refractivity contribution is -0.0306. The summed E-state index contributed by atoms with van der Waals surface area (Å²) in [4.78, 5) is 7.10. The van der Waals surface area contributed by atoms with Crippen molar-refractivity contribution in [1.29, 1.82) is 0 Å². The highest BCUT2D eigenvalue weighted by Gasteiger charge is 2.69. The minimum atomic E-state index is -0.732. The van der Waals surface area contributed by atoms with Gasteiger partial charge in [0.15, 0.2) is 0 Å². The molecule has 2 N–H and O–H groups in total. The Morgan fingerprint density at radius 1 is 1.17 bits per heavy atom. The van der Waals surface area contributed by atoms with Crippen molar-refractivity contribution >= 4 is 22.5 Å². The number of pyridine rings is 1. The van der Waals surface area contributed by atoms with Crippen LogP contribution < -0.4 is 0 Å². The maximum absolute atomic E-state index is 11.6. The lowest BCUT2D eigenvalue weighted by Gasteiger charge is -2.34. The van der Waals surface area contributed by atoms with E-state index in [2.05, 4.69) is 18.7 Å². The number of hydrogen-bond donors (Lipinski definition) is 2. The molecular formula is C25H27ClN2O2. The van der Waals surface area contributed by atoms with Crippen molar-refractivity contribution in [2.45, 2.75) is 44.9 Å². The standard InChI is InChI=1S/C25H27ClN2O2/c1-3-20-21-11-12-28(25(20,21)4-2)24(30)19-14-23(15-5-7-16(26)8-6-15)27-22-10-9-17(29)13-18(19)22/h5-10,13-14,20-21,24,29-30H,3-4,11-12H2,1-2H3/t20?,21?,24-,25?/m1/s1. The van der Waals surface area contributed by atoms with Gasteiger partial charge in [0.1, 0.15) is 12.0 Å². The molecule has 1 aliphatic carbocycles. The van der Waals surface area contributed by atoms with Gasteiger partial charge in [0, 0.05) is 33.6 Å². The van der Waals surface area contributed by atoms with Gasteiger partial charge in [0.25, 0.3) is 0 Å². The van der Waals surface area contributed by atoms with Crippen LogP contribution in [-0.2, 0) is 0 Å². The molecule has 1 aromatic heterocycles. The normalized spacial score (nSPS) is 26.7. The molecule has 0 amide bonds. The number of rotatable bonds is 5. The van der Waals surface area contributed by atoms with Gasteiger partial charge >= 0.3 is 0 Å². The summed E-state index contributed by atoms with van der Waals surface area (Å²) >= 11 is 6.06. The Morgan fingerprint density at radius 3 is 2.60 bits per heavy atom. The summed E-state index contributed by atoms with van der Waals surface area (Å²) in [6.07, 6.45) is 2.60. The number of piperidine rings is 1. The third-order valence-corrected chi connectivity index (χ3v) is 7.67. The lowest BCUT2D eigenvalue weighted by atomic mass is 10.00. The van der Waals surface area contributed by atoms with Gasteiger partial charge in [-0.3, -0.25) is 4.90 Å². The molecule has 0 radical (unpaired) electrons. The Balaban J connectivity index is 1.64. The van der Waals surface area contributed by atoms with Gasteiger partial charge in [0.05, 0.1) is 11.2 Å². The molecule has 3 aromatic rings. The number of phenolic OH excluding ortho intramolecular Hbond substituents is 1. The maximum atomic E-state index is 11.6. The molecule has 2 aromatic carbocycles. The van der Waals surface area contributed by atoms with Crippen molar-refractivity contribution in [3.8, 4) is 17.0 Å². The number of aromatic nitrogens is 1. The number of aliphatic hydroxyl groups is 1. The number of fused-ring (bicyclic) bond motifs is 2. The first-order valence-electron chi connectivity index (χ1n) is 10.8. The van der Waals surface area contributed by atoms with Crippen molar-refractivity contribution < 1.29 is 10.2 Å². The van der Waals surface area contributed by atoms with E-state index in [1.165, 1.54) is 0 Å². The zero-order chi connectivity index (χ0) is 21.0. The van der Waals surface area contributed by atoms with E-state index in [-0.39, 0.29) is 11.3 Å². The van der Waals surface area contributed by atoms with Gasteiger partial charge in [-0.15, -0.1) is 0 Å². The van der Waals surface area contributed by atoms with Crippen LogP contribution in [-0.4, -0.2) is 32.2 Å². The number of nitrogens with zero attached hydrogens (tertiary/aromatic N) is 2. The van der Waals surface area contributed by atoms with Crippen molar-refractivity contribution in [3.05, 3.63) is 59.1 Å². The third-order valence-electron chi connectivity index (χ3n) is 7.42. The number of hydrogen-bond acceptors (Lipinski definition) is 4. The van der Waals surface area contributed by atoms with Crippen molar-refractivity contribution in [2.75, 3.05) is 6.54 Å². The Hall–Kier alpha value is -2.14. The molecular weight excluding hydrogens is 396 g/mol. The second kappa shape index (κ2) is 7.23. The fraction of sp³-hybridized carbons (Fsp3) is 0.400. The first-order valence-corrected chi connectivity index (χ1v) is 11.2. The minimum Gasteiger partial charge on any atom is -0.508 e. The molecule has 4 nitrogen and oxygen atoms in total. The maximum Gasteiger partial charge on any atom is 0.134 e. The molecule has 30 heavy (non-hydrogen) atoms. The van der Waals surface area contributed by atoms with Gasteiger partial charge in [-0.25, -0.2) is 4.98 Å². The predicted molar refractivity (Wildman–Crippen MR) is 120 cm³/mol. The largest absolute Gasteiger partial charge is 0.508 e. The van der Waals surface area contributed by atoms with Crippen LogP contribution in [0.1, 0.15) is 44.9 Å². The summed E-state index contributed by atoms with van der Waals surface area (Å²) in [5, 5.41) is 23.2. The molecule has 4 atom stereocenters. The van der Waals surface area contributed by atoms with Crippen LogP contribution in [0, 0.1) is 11.8 Å². The monoisotopic (exact) mass is 422 g/mol. The Bertz CT molecular complexity index is 1090. The van der Waals surface area contributed by atoms with Gasteiger partial charge in [-0.2, -0.15) is 0 Å². The fourth-order valence-electron chi connectivity index (χ4n) is 6.06. The molecule has 5 heteroatoms. The van der Waals surface area contributed by atoms with E-state index in [9.17, 15) is 10.2 Å². The number of aromatic hydroxyl groups is 1. The average molecular weight is 423 g/mol. The van der Waals surface area contributed by atoms with Gasteiger partial charge in [-0.05, 0) is 61.1 Å². The first kappa shape index (κ1) is 19.8. The van der Waals surface area contributed by atoms with Crippen LogP contribution in [0.5, 0.6) is 5.75 Å². The van der Waals surface area contributed by atoms with Crippen molar-refractivity contribution in [3.63, 3.8) is 0 Å². The second-order valence-corrected chi connectivity index (χ2v) is 9.06. The van der Waals surface area contributed by atoms with E-state index in [0.717, 1.165) is 53.5 Å². The van der Waals surface area contributed by atoms with E-state index in [1.807, 2.05) is 36.4 Å². The zero-order valence-corrected chi connectivity index (χ0v) is 18.1. The van der Waals surface area contributed by atoms with Gasteiger partial charge in [-0.1, -0.05) is 44.0 Å². The number of phenols is 1. The summed E-state index contributed by atoms with van der Waals surface area (Å²) in [7, 11) is 0. The first-order chi connectivity index (χ1) is 14.5.